The van der Waals surface area contributed by atoms with Gasteiger partial charge < -0.3 is 20.4 Å². The van der Waals surface area contributed by atoms with Crippen molar-refractivity contribution in [1.82, 2.24) is 0 Å². The van der Waals surface area contributed by atoms with Gasteiger partial charge in [0.05, 0.1) is 12.2 Å². The number of aliphatic hydroxyl groups is 2. The van der Waals surface area contributed by atoms with Crippen molar-refractivity contribution >= 4 is 12.0 Å². The van der Waals surface area contributed by atoms with Gasteiger partial charge in [-0.15, -0.1) is 0 Å². The third-order valence-electron chi connectivity index (χ3n) is 12.2. The molecule has 4 saturated carbocycles. The average molecular weight is 525 g/mol. The molecule has 210 valence electrons. The van der Waals surface area contributed by atoms with Crippen molar-refractivity contribution in [3.05, 3.63) is 35.4 Å². The first-order valence-corrected chi connectivity index (χ1v) is 15.1. The minimum atomic E-state index is -1.12. The Kier molecular flexibility index (Phi) is 7.49. The van der Waals surface area contributed by atoms with Gasteiger partial charge >= 0.3 is 5.97 Å². The molecule has 0 amide bonds. The summed E-state index contributed by atoms with van der Waals surface area (Å²) < 4.78 is 0. The van der Waals surface area contributed by atoms with Gasteiger partial charge in [-0.2, -0.15) is 0 Å². The van der Waals surface area contributed by atoms with E-state index in [1.807, 2.05) is 6.08 Å². The van der Waals surface area contributed by atoms with Crippen LogP contribution < -0.4 is 0 Å². The number of benzene rings is 1. The lowest BCUT2D eigenvalue weighted by molar-refractivity contribution is -0.203. The van der Waals surface area contributed by atoms with Crippen LogP contribution in [0.2, 0.25) is 0 Å². The maximum atomic E-state index is 11.9. The molecule has 1 aromatic carbocycles. The number of aromatic hydroxyl groups is 1. The molecule has 0 bridgehead atoms. The Morgan fingerprint density at radius 3 is 2.45 bits per heavy atom. The van der Waals surface area contributed by atoms with Crippen molar-refractivity contribution in [3.8, 4) is 5.75 Å². The fraction of sp³-hybridized carbons (Fsp3) is 0.727. The van der Waals surface area contributed by atoms with Crippen LogP contribution >= 0.6 is 0 Å². The van der Waals surface area contributed by atoms with Crippen LogP contribution in [0.25, 0.3) is 6.08 Å². The largest absolute Gasteiger partial charge is 0.507 e. The Balaban J connectivity index is 1.32. The van der Waals surface area contributed by atoms with Gasteiger partial charge in [0, 0.05) is 0 Å². The number of carboxylic acid groups (broad SMARTS) is 1. The summed E-state index contributed by atoms with van der Waals surface area (Å²) in [5.41, 5.74) is 1.22. The van der Waals surface area contributed by atoms with Gasteiger partial charge in [0.25, 0.3) is 0 Å². The molecule has 0 spiro atoms. The lowest BCUT2D eigenvalue weighted by atomic mass is 9.41. The molecule has 4 unspecified atom stereocenters. The highest BCUT2D eigenvalue weighted by atomic mass is 16.4. The summed E-state index contributed by atoms with van der Waals surface area (Å²) in [5, 5.41) is 41.6. The van der Waals surface area contributed by atoms with E-state index in [-0.39, 0.29) is 34.4 Å². The molecular weight excluding hydrogens is 476 g/mol. The molecule has 0 aliphatic heterocycles. The standard InChI is InChI=1S/C33H48O5/c1-5-22-27-18-21(34)13-15-33(27,4)26-14-16-32(3)24(11-12-25(32)29(26)30(22)36)19(2)7-6-8-20-9-10-23(31(37)38)28(35)17-20/h6,8-10,17,19,21-22,24-27,29-30,34-36H,5,7,11-16,18H2,1-4H3,(H,37,38)/b8-6+/t19-,21-,22-,24-,25?,26?,27+,29?,30?,32-,33-/m1/s1. The number of hydrogen-bond acceptors (Lipinski definition) is 4. The smallest absolute Gasteiger partial charge is 0.339 e. The predicted octanol–water partition coefficient (Wildman–Crippen LogP) is 6.76. The van der Waals surface area contributed by atoms with Gasteiger partial charge in [-0.3, -0.25) is 0 Å². The normalized spacial score (nSPS) is 43.3. The first kappa shape index (κ1) is 27.7. The summed E-state index contributed by atoms with van der Waals surface area (Å²) in [6.07, 6.45) is 13.4. The quantitative estimate of drug-likeness (QED) is 0.330. The fourth-order valence-electron chi connectivity index (χ4n) is 10.3. The van der Waals surface area contributed by atoms with Crippen LogP contribution in [0.3, 0.4) is 0 Å². The summed E-state index contributed by atoms with van der Waals surface area (Å²) in [7, 11) is 0. The van der Waals surface area contributed by atoms with Crippen LogP contribution in [-0.4, -0.2) is 38.6 Å². The van der Waals surface area contributed by atoms with Crippen molar-refractivity contribution in [3.63, 3.8) is 0 Å². The number of rotatable bonds is 6. The van der Waals surface area contributed by atoms with Crippen molar-refractivity contribution in [1.29, 1.82) is 0 Å². The SMILES string of the molecule is CC[C@H]1C(O)C2C3CC[C@H]([C@H](C)C/C=C/c4ccc(C(=O)O)c(O)c4)[C@@]3(C)CCC2[C@@]2(C)CC[C@@H](O)C[C@@H]12. The number of allylic oxidation sites excluding steroid dienone is 1. The number of fused-ring (bicyclic) bond motifs is 5. The van der Waals surface area contributed by atoms with Crippen LogP contribution in [0, 0.1) is 52.3 Å². The van der Waals surface area contributed by atoms with E-state index >= 15 is 0 Å². The van der Waals surface area contributed by atoms with Gasteiger partial charge in [0.2, 0.25) is 0 Å². The lowest BCUT2D eigenvalue weighted by Crippen LogP contribution is -2.62. The van der Waals surface area contributed by atoms with Crippen LogP contribution in [0.4, 0.5) is 0 Å². The third kappa shape index (κ3) is 4.42. The van der Waals surface area contributed by atoms with Crippen LogP contribution in [0.5, 0.6) is 5.75 Å². The van der Waals surface area contributed by atoms with Gasteiger partial charge in [0.15, 0.2) is 0 Å². The second-order valence-electron chi connectivity index (χ2n) is 13.8. The molecule has 11 atom stereocenters. The molecule has 0 heterocycles. The highest BCUT2D eigenvalue weighted by Crippen LogP contribution is 2.69. The Hall–Kier alpha value is -1.85. The second-order valence-corrected chi connectivity index (χ2v) is 13.8. The van der Waals surface area contributed by atoms with E-state index in [1.54, 1.807) is 6.07 Å². The fourth-order valence-corrected chi connectivity index (χ4v) is 10.3. The molecule has 4 aliphatic carbocycles. The van der Waals surface area contributed by atoms with Crippen molar-refractivity contribution in [2.24, 2.45) is 52.3 Å². The van der Waals surface area contributed by atoms with E-state index in [4.69, 9.17) is 5.11 Å². The maximum absolute atomic E-state index is 11.9. The van der Waals surface area contributed by atoms with Gasteiger partial charge in [-0.1, -0.05) is 52.3 Å². The number of carboxylic acids is 1. The highest BCUT2D eigenvalue weighted by Gasteiger charge is 2.64. The molecule has 4 fully saturated rings. The molecule has 4 aliphatic rings. The summed E-state index contributed by atoms with van der Waals surface area (Å²) in [5.74, 6) is 2.04. The number of phenols is 1. The van der Waals surface area contributed by atoms with Gasteiger partial charge in [0.1, 0.15) is 11.3 Å². The van der Waals surface area contributed by atoms with Gasteiger partial charge in [-0.25, -0.2) is 4.79 Å². The van der Waals surface area contributed by atoms with Crippen LogP contribution in [-0.2, 0) is 0 Å². The molecule has 1 aromatic rings. The van der Waals surface area contributed by atoms with E-state index in [0.29, 0.717) is 41.4 Å². The Labute approximate surface area is 228 Å². The molecule has 5 nitrogen and oxygen atoms in total. The number of aromatic carboxylic acids is 1. The minimum absolute atomic E-state index is 0.0733. The monoisotopic (exact) mass is 524 g/mol. The third-order valence-corrected chi connectivity index (χ3v) is 12.2. The highest BCUT2D eigenvalue weighted by molar-refractivity contribution is 5.91. The van der Waals surface area contributed by atoms with E-state index in [9.17, 15) is 20.1 Å². The second kappa shape index (κ2) is 10.3. The molecule has 5 rings (SSSR count). The van der Waals surface area contributed by atoms with E-state index in [2.05, 4.69) is 33.8 Å². The van der Waals surface area contributed by atoms with Crippen molar-refractivity contribution in [2.45, 2.75) is 97.7 Å². The molecule has 0 radical (unpaired) electrons. The Morgan fingerprint density at radius 1 is 1.05 bits per heavy atom. The summed E-state index contributed by atoms with van der Waals surface area (Å²) >= 11 is 0. The minimum Gasteiger partial charge on any atom is -0.507 e. The molecule has 38 heavy (non-hydrogen) atoms. The average Bonchev–Trinajstić information content (AvgIpc) is 3.22. The van der Waals surface area contributed by atoms with Crippen molar-refractivity contribution < 1.29 is 25.2 Å². The molecule has 5 heteroatoms. The molecular formula is C33H48O5. The number of hydrogen-bond donors (Lipinski definition) is 4. The Bertz CT molecular complexity index is 1070. The zero-order valence-corrected chi connectivity index (χ0v) is 23.6. The zero-order chi connectivity index (χ0) is 27.4. The zero-order valence-electron chi connectivity index (χ0n) is 23.6. The topological polar surface area (TPSA) is 98.0 Å². The molecule has 4 N–H and O–H groups in total. The number of aliphatic hydroxyl groups excluding tert-OH is 2. The lowest BCUT2D eigenvalue weighted by Gasteiger charge is -2.64. The van der Waals surface area contributed by atoms with Crippen molar-refractivity contribution in [2.75, 3.05) is 0 Å². The first-order valence-electron chi connectivity index (χ1n) is 15.1. The molecule has 0 saturated heterocycles. The predicted molar refractivity (Wildman–Crippen MR) is 150 cm³/mol. The summed E-state index contributed by atoms with van der Waals surface area (Å²) in [6, 6.07) is 4.72. The first-order chi connectivity index (χ1) is 18.0. The number of carbonyl (C=O) groups is 1. The van der Waals surface area contributed by atoms with E-state index in [1.165, 1.54) is 37.8 Å². The Morgan fingerprint density at radius 2 is 1.76 bits per heavy atom. The summed E-state index contributed by atoms with van der Waals surface area (Å²) in [6.45, 7) is 9.62. The maximum Gasteiger partial charge on any atom is 0.339 e. The van der Waals surface area contributed by atoms with Gasteiger partial charge in [-0.05, 0) is 121 Å². The van der Waals surface area contributed by atoms with E-state index in [0.717, 1.165) is 37.7 Å². The summed E-state index contributed by atoms with van der Waals surface area (Å²) in [4.78, 5) is 11.2. The van der Waals surface area contributed by atoms with Crippen LogP contribution in [0.1, 0.15) is 101 Å². The van der Waals surface area contributed by atoms with Crippen LogP contribution in [0.15, 0.2) is 24.3 Å². The van der Waals surface area contributed by atoms with E-state index < -0.39 is 5.97 Å². The molecule has 0 aromatic heterocycles.